The molecule has 0 aromatic heterocycles. The van der Waals surface area contributed by atoms with Crippen LogP contribution in [0.15, 0.2) is 0 Å². The molecule has 0 heterocycles. The largest absolute Gasteiger partial charge is 0.398 e. The molecule has 4 nitrogen and oxygen atoms in total. The average Bonchev–Trinajstić information content (AvgIpc) is 2.43. The van der Waals surface area contributed by atoms with E-state index in [0.29, 0.717) is 0 Å². The molecule has 0 atom stereocenters. The van der Waals surface area contributed by atoms with Crippen molar-refractivity contribution < 1.29 is 13.6 Å². The Morgan fingerprint density at radius 3 is 2.00 bits per heavy atom. The van der Waals surface area contributed by atoms with Gasteiger partial charge in [-0.05, 0) is 31.6 Å². The van der Waals surface area contributed by atoms with Gasteiger partial charge in [0.15, 0.2) is 0 Å². The van der Waals surface area contributed by atoms with Crippen LogP contribution >= 0.6 is 0 Å². The molecule has 5 heteroatoms. The number of hydrogen-bond donors (Lipinski definition) is 0. The normalized spacial score (nSPS) is 12.3. The highest BCUT2D eigenvalue weighted by molar-refractivity contribution is 6.67. The molecule has 18 heavy (non-hydrogen) atoms. The molecule has 0 amide bonds. The van der Waals surface area contributed by atoms with E-state index in [1.165, 1.54) is 0 Å². The summed E-state index contributed by atoms with van der Waals surface area (Å²) in [6.07, 6.45) is 1.03. The van der Waals surface area contributed by atoms with Crippen molar-refractivity contribution in [1.29, 1.82) is 0 Å². The molecule has 0 aromatic rings. The van der Waals surface area contributed by atoms with Crippen LogP contribution in [0.4, 0.5) is 0 Å². The number of nitrogens with zero attached hydrogens (tertiary/aromatic N) is 1. The Morgan fingerprint density at radius 1 is 0.944 bits per heavy atom. The summed E-state index contributed by atoms with van der Waals surface area (Å²) >= 11 is 0. The van der Waals surface area contributed by atoms with Crippen LogP contribution in [-0.2, 0) is 13.6 Å². The second-order valence-electron chi connectivity index (χ2n) is 4.42. The van der Waals surface area contributed by atoms with Crippen LogP contribution < -0.4 is 0 Å². The molecule has 0 N–H and O–H groups in total. The summed E-state index contributed by atoms with van der Waals surface area (Å²) in [6, 6.07) is 2.02. The van der Waals surface area contributed by atoms with Crippen molar-refractivity contribution in [2.45, 2.75) is 39.3 Å². The van der Waals surface area contributed by atoms with Gasteiger partial charge in [0.05, 0.1) is 6.61 Å². The zero-order valence-corrected chi connectivity index (χ0v) is 13.8. The molecule has 110 valence electrons. The summed E-state index contributed by atoms with van der Waals surface area (Å²) < 4.78 is 16.8. The van der Waals surface area contributed by atoms with Crippen molar-refractivity contribution >= 4 is 8.56 Å². The highest BCUT2D eigenvalue weighted by Crippen LogP contribution is 2.18. The van der Waals surface area contributed by atoms with Crippen molar-refractivity contribution in [3.05, 3.63) is 0 Å². The Balaban J connectivity index is 3.61. The van der Waals surface area contributed by atoms with Gasteiger partial charge in [0.1, 0.15) is 0 Å². The van der Waals surface area contributed by atoms with E-state index in [0.717, 1.165) is 51.4 Å². The molecule has 0 aliphatic heterocycles. The number of hydrogen-bond acceptors (Lipinski definition) is 4. The molecule has 0 saturated heterocycles. The Labute approximate surface area is 114 Å². The standard InChI is InChI=1S/C13H31NO3Si/c1-6-14(7-2)10-12-17-11-9-13-18(8-3,15-4)16-5/h6-13H2,1-5H3. The van der Waals surface area contributed by atoms with Crippen LogP contribution in [0.2, 0.25) is 12.1 Å². The predicted molar refractivity (Wildman–Crippen MR) is 78.3 cm³/mol. The fourth-order valence-electron chi connectivity index (χ4n) is 2.03. The van der Waals surface area contributed by atoms with E-state index in [1.807, 2.05) is 0 Å². The number of rotatable bonds is 12. The first-order chi connectivity index (χ1) is 8.67. The molecule has 0 aliphatic carbocycles. The fourth-order valence-corrected chi connectivity index (χ4v) is 4.22. The zero-order chi connectivity index (χ0) is 13.9. The Morgan fingerprint density at radius 2 is 1.56 bits per heavy atom. The van der Waals surface area contributed by atoms with Gasteiger partial charge in [-0.1, -0.05) is 20.8 Å². The van der Waals surface area contributed by atoms with Gasteiger partial charge in [0.2, 0.25) is 0 Å². The highest BCUT2D eigenvalue weighted by Gasteiger charge is 2.32. The smallest absolute Gasteiger partial charge is 0.337 e. The van der Waals surface area contributed by atoms with Crippen LogP contribution in [0.25, 0.3) is 0 Å². The maximum absolute atomic E-state index is 5.67. The van der Waals surface area contributed by atoms with Crippen molar-refractivity contribution in [2.24, 2.45) is 0 Å². The van der Waals surface area contributed by atoms with E-state index < -0.39 is 8.56 Å². The zero-order valence-electron chi connectivity index (χ0n) is 12.8. The fraction of sp³-hybridized carbons (Fsp3) is 1.00. The number of likely N-dealkylation sites (N-methyl/N-ethyl adjacent to an activating group) is 1. The lowest BCUT2D eigenvalue weighted by molar-refractivity contribution is 0.105. The van der Waals surface area contributed by atoms with Crippen molar-refractivity contribution in [3.63, 3.8) is 0 Å². The van der Waals surface area contributed by atoms with Gasteiger partial charge in [-0.3, -0.25) is 0 Å². The highest BCUT2D eigenvalue weighted by atomic mass is 28.4. The summed E-state index contributed by atoms with van der Waals surface area (Å²) in [4.78, 5) is 2.37. The van der Waals surface area contributed by atoms with E-state index in [2.05, 4.69) is 25.7 Å². The molecule has 0 fully saturated rings. The van der Waals surface area contributed by atoms with Crippen molar-refractivity contribution in [3.8, 4) is 0 Å². The first kappa shape index (κ1) is 18.1. The molecular weight excluding hydrogens is 246 g/mol. The monoisotopic (exact) mass is 277 g/mol. The molecule has 0 bridgehead atoms. The van der Waals surface area contributed by atoms with Crippen LogP contribution in [0.1, 0.15) is 27.2 Å². The Bertz CT molecular complexity index is 177. The molecule has 0 aromatic carbocycles. The van der Waals surface area contributed by atoms with Crippen LogP contribution in [0.5, 0.6) is 0 Å². The molecular formula is C13H31NO3Si. The third-order valence-electron chi connectivity index (χ3n) is 3.58. The van der Waals surface area contributed by atoms with E-state index in [-0.39, 0.29) is 0 Å². The van der Waals surface area contributed by atoms with E-state index in [4.69, 9.17) is 13.6 Å². The second kappa shape index (κ2) is 10.9. The summed E-state index contributed by atoms with van der Waals surface area (Å²) in [6.45, 7) is 11.4. The van der Waals surface area contributed by atoms with Gasteiger partial charge < -0.3 is 18.5 Å². The van der Waals surface area contributed by atoms with Gasteiger partial charge in [-0.2, -0.15) is 0 Å². The molecule has 0 radical (unpaired) electrons. The molecule has 0 aliphatic rings. The lowest BCUT2D eigenvalue weighted by atomic mass is 10.5. The Kier molecular flexibility index (Phi) is 11.0. The third-order valence-corrected chi connectivity index (χ3v) is 7.26. The van der Waals surface area contributed by atoms with Crippen LogP contribution in [-0.4, -0.2) is 60.5 Å². The van der Waals surface area contributed by atoms with Crippen LogP contribution in [0, 0.1) is 0 Å². The van der Waals surface area contributed by atoms with E-state index in [1.54, 1.807) is 14.2 Å². The number of ether oxygens (including phenoxy) is 1. The molecule has 0 unspecified atom stereocenters. The lowest BCUT2D eigenvalue weighted by Crippen LogP contribution is -2.39. The molecule has 0 saturated carbocycles. The topological polar surface area (TPSA) is 30.9 Å². The van der Waals surface area contributed by atoms with E-state index >= 15 is 0 Å². The minimum Gasteiger partial charge on any atom is -0.398 e. The predicted octanol–water partition coefficient (Wildman–Crippen LogP) is 2.49. The minimum absolute atomic E-state index is 0.808. The first-order valence-electron chi connectivity index (χ1n) is 7.08. The SMILES string of the molecule is CCN(CC)CCOCCC[Si](CC)(OC)OC. The summed E-state index contributed by atoms with van der Waals surface area (Å²) in [5.41, 5.74) is 0. The lowest BCUT2D eigenvalue weighted by Gasteiger charge is -2.25. The Hall–Kier alpha value is 0.0569. The van der Waals surface area contributed by atoms with Gasteiger partial charge in [0, 0.05) is 27.4 Å². The molecule has 0 spiro atoms. The first-order valence-corrected chi connectivity index (χ1v) is 9.31. The van der Waals surface area contributed by atoms with Gasteiger partial charge in [0.25, 0.3) is 0 Å². The van der Waals surface area contributed by atoms with E-state index in [9.17, 15) is 0 Å². The second-order valence-corrected chi connectivity index (χ2v) is 8.26. The summed E-state index contributed by atoms with van der Waals surface area (Å²) in [7, 11) is 1.63. The maximum atomic E-state index is 5.67. The quantitative estimate of drug-likeness (QED) is 0.405. The van der Waals surface area contributed by atoms with Crippen molar-refractivity contribution in [2.75, 3.05) is 47.1 Å². The van der Waals surface area contributed by atoms with Gasteiger partial charge >= 0.3 is 8.56 Å². The minimum atomic E-state index is -1.90. The van der Waals surface area contributed by atoms with Gasteiger partial charge in [-0.25, -0.2) is 0 Å². The van der Waals surface area contributed by atoms with Gasteiger partial charge in [-0.15, -0.1) is 0 Å². The van der Waals surface area contributed by atoms with Crippen molar-refractivity contribution in [1.82, 2.24) is 4.90 Å². The maximum Gasteiger partial charge on any atom is 0.337 e. The third kappa shape index (κ3) is 6.85. The summed E-state index contributed by atoms with van der Waals surface area (Å²) in [5.74, 6) is 0. The molecule has 0 rings (SSSR count). The summed E-state index contributed by atoms with van der Waals surface area (Å²) in [5, 5.41) is 0. The average molecular weight is 277 g/mol. The van der Waals surface area contributed by atoms with Crippen LogP contribution in [0.3, 0.4) is 0 Å².